The van der Waals surface area contributed by atoms with Gasteiger partial charge in [-0.15, -0.1) is 0 Å². The molecule has 0 radical (unpaired) electrons. The van der Waals surface area contributed by atoms with Crippen molar-refractivity contribution in [3.8, 4) is 0 Å². The highest BCUT2D eigenvalue weighted by molar-refractivity contribution is 6.30. The normalized spacial score (nSPS) is 11.5. The topological polar surface area (TPSA) is 77.3 Å². The molecule has 0 aliphatic rings. The molecule has 11 heavy (non-hydrogen) atoms. The first kappa shape index (κ1) is 7.81. The number of amidine groups is 1. The molecule has 1 rings (SSSR count). The van der Waals surface area contributed by atoms with Crippen molar-refractivity contribution in [3.63, 3.8) is 0 Å². The summed E-state index contributed by atoms with van der Waals surface area (Å²) in [7, 11) is 0. The van der Waals surface area contributed by atoms with Crippen LogP contribution in [0.1, 0.15) is 5.69 Å². The molecule has 0 saturated carbocycles. The molecule has 58 valence electrons. The lowest BCUT2D eigenvalue weighted by atomic mass is 10.3. The van der Waals surface area contributed by atoms with Gasteiger partial charge in [0.2, 0.25) is 0 Å². The van der Waals surface area contributed by atoms with Crippen molar-refractivity contribution in [2.24, 2.45) is 16.7 Å². The molecule has 5 heteroatoms. The van der Waals surface area contributed by atoms with E-state index in [9.17, 15) is 0 Å². The van der Waals surface area contributed by atoms with Crippen LogP contribution in [0.15, 0.2) is 23.4 Å². The maximum Gasteiger partial charge on any atom is 0.169 e. The van der Waals surface area contributed by atoms with Gasteiger partial charge in [0.05, 0.1) is 0 Å². The summed E-state index contributed by atoms with van der Waals surface area (Å²) in [6.07, 6.45) is 1.54. The van der Waals surface area contributed by atoms with Gasteiger partial charge in [-0.3, -0.25) is 4.98 Å². The van der Waals surface area contributed by atoms with Crippen LogP contribution in [0.3, 0.4) is 0 Å². The van der Waals surface area contributed by atoms with Crippen molar-refractivity contribution >= 4 is 17.4 Å². The molecule has 4 N–H and O–H groups in total. The van der Waals surface area contributed by atoms with Crippen molar-refractivity contribution in [3.05, 3.63) is 29.0 Å². The molecule has 4 nitrogen and oxygen atoms in total. The van der Waals surface area contributed by atoms with Gasteiger partial charge < -0.3 is 11.6 Å². The minimum Gasteiger partial charge on any atom is -0.380 e. The highest BCUT2D eigenvalue weighted by Gasteiger charge is 1.98. The monoisotopic (exact) mass is 170 g/mol. The van der Waals surface area contributed by atoms with Crippen molar-refractivity contribution in [1.82, 2.24) is 4.98 Å². The summed E-state index contributed by atoms with van der Waals surface area (Å²) in [6, 6.07) is 3.24. The molecule has 1 aromatic rings. The van der Waals surface area contributed by atoms with Gasteiger partial charge in [0.1, 0.15) is 5.69 Å². The van der Waals surface area contributed by atoms with E-state index in [0.29, 0.717) is 10.7 Å². The maximum atomic E-state index is 5.65. The lowest BCUT2D eigenvalue weighted by molar-refractivity contribution is 1.19. The molecule has 0 aliphatic heterocycles. The van der Waals surface area contributed by atoms with Crippen molar-refractivity contribution in [2.45, 2.75) is 0 Å². The lowest BCUT2D eigenvalue weighted by Gasteiger charge is -1.96. The minimum atomic E-state index is 0.174. The Labute approximate surface area is 68.9 Å². The van der Waals surface area contributed by atoms with E-state index in [1.54, 1.807) is 12.1 Å². The van der Waals surface area contributed by atoms with Crippen LogP contribution < -0.4 is 11.6 Å². The van der Waals surface area contributed by atoms with Crippen molar-refractivity contribution in [2.75, 3.05) is 0 Å². The third-order valence-corrected chi connectivity index (χ3v) is 1.36. The van der Waals surface area contributed by atoms with Crippen LogP contribution in [-0.2, 0) is 0 Å². The standard InChI is InChI=1S/C6H7ClN4/c7-4-1-2-10-5(3-4)6(8)11-9/h1-3H,9H2,(H2,8,11). The van der Waals surface area contributed by atoms with E-state index in [0.717, 1.165) is 0 Å². The van der Waals surface area contributed by atoms with E-state index in [-0.39, 0.29) is 5.84 Å². The Hall–Kier alpha value is -1.29. The van der Waals surface area contributed by atoms with Gasteiger partial charge in [-0.1, -0.05) is 11.6 Å². The predicted molar refractivity (Wildman–Crippen MR) is 44.2 cm³/mol. The van der Waals surface area contributed by atoms with Crippen molar-refractivity contribution in [1.29, 1.82) is 0 Å². The van der Waals surface area contributed by atoms with Crippen LogP contribution >= 0.6 is 11.6 Å². The first-order valence-electron chi connectivity index (χ1n) is 2.89. The van der Waals surface area contributed by atoms with Gasteiger partial charge in [0.15, 0.2) is 5.84 Å². The van der Waals surface area contributed by atoms with Crippen LogP contribution in [-0.4, -0.2) is 10.8 Å². The predicted octanol–water partition coefficient (Wildman–Crippen LogP) is 0.314. The zero-order chi connectivity index (χ0) is 8.27. The Kier molecular flexibility index (Phi) is 2.28. The molecule has 0 atom stereocenters. The van der Waals surface area contributed by atoms with E-state index in [1.165, 1.54) is 6.20 Å². The zero-order valence-corrected chi connectivity index (χ0v) is 6.42. The number of pyridine rings is 1. The quantitative estimate of drug-likeness (QED) is 0.276. The molecule has 0 aromatic carbocycles. The van der Waals surface area contributed by atoms with E-state index in [2.05, 4.69) is 10.1 Å². The minimum absolute atomic E-state index is 0.174. The summed E-state index contributed by atoms with van der Waals surface area (Å²) in [4.78, 5) is 3.89. The summed E-state index contributed by atoms with van der Waals surface area (Å²) in [5.74, 6) is 5.11. The van der Waals surface area contributed by atoms with E-state index >= 15 is 0 Å². The number of nitrogens with zero attached hydrogens (tertiary/aromatic N) is 2. The summed E-state index contributed by atoms with van der Waals surface area (Å²) < 4.78 is 0. The van der Waals surface area contributed by atoms with E-state index in [4.69, 9.17) is 23.2 Å². The van der Waals surface area contributed by atoms with E-state index in [1.807, 2.05) is 0 Å². The highest BCUT2D eigenvalue weighted by atomic mass is 35.5. The molecular weight excluding hydrogens is 164 g/mol. The van der Waals surface area contributed by atoms with Gasteiger partial charge in [-0.2, -0.15) is 5.10 Å². The number of rotatable bonds is 1. The smallest absolute Gasteiger partial charge is 0.169 e. The molecule has 0 bridgehead atoms. The lowest BCUT2D eigenvalue weighted by Crippen LogP contribution is -2.16. The maximum absolute atomic E-state index is 5.65. The molecule has 1 aromatic heterocycles. The fourth-order valence-electron chi connectivity index (χ4n) is 0.611. The second-order valence-corrected chi connectivity index (χ2v) is 2.31. The molecule has 0 unspecified atom stereocenters. The number of hydrazone groups is 1. The summed E-state index contributed by atoms with van der Waals surface area (Å²) in [5.41, 5.74) is 5.85. The number of hydrogen-bond donors (Lipinski definition) is 2. The largest absolute Gasteiger partial charge is 0.380 e. The van der Waals surface area contributed by atoms with Gasteiger partial charge in [-0.25, -0.2) is 0 Å². The summed E-state index contributed by atoms with van der Waals surface area (Å²) in [6.45, 7) is 0. The number of halogens is 1. The Morgan fingerprint density at radius 1 is 1.64 bits per heavy atom. The number of aromatic nitrogens is 1. The van der Waals surface area contributed by atoms with Gasteiger partial charge in [0.25, 0.3) is 0 Å². The Morgan fingerprint density at radius 2 is 2.36 bits per heavy atom. The van der Waals surface area contributed by atoms with Crippen molar-refractivity contribution < 1.29 is 0 Å². The van der Waals surface area contributed by atoms with Crippen LogP contribution in [0, 0.1) is 0 Å². The van der Waals surface area contributed by atoms with Gasteiger partial charge in [-0.05, 0) is 12.1 Å². The molecule has 0 saturated heterocycles. The molecule has 0 spiro atoms. The zero-order valence-electron chi connectivity index (χ0n) is 5.66. The average Bonchev–Trinajstić information content (AvgIpc) is 2.03. The molecule has 0 amide bonds. The van der Waals surface area contributed by atoms with Crippen LogP contribution in [0.4, 0.5) is 0 Å². The fraction of sp³-hybridized carbons (Fsp3) is 0. The second-order valence-electron chi connectivity index (χ2n) is 1.87. The second kappa shape index (κ2) is 3.21. The Balaban J connectivity index is 3.06. The third-order valence-electron chi connectivity index (χ3n) is 1.12. The van der Waals surface area contributed by atoms with Crippen LogP contribution in [0.2, 0.25) is 5.02 Å². The molecule has 0 aliphatic carbocycles. The fourth-order valence-corrected chi connectivity index (χ4v) is 0.771. The first-order valence-corrected chi connectivity index (χ1v) is 3.27. The third kappa shape index (κ3) is 1.81. The number of nitrogens with two attached hydrogens (primary N) is 2. The average molecular weight is 171 g/mol. The SMILES string of the molecule is NN=C(N)c1cc(Cl)ccn1. The van der Waals surface area contributed by atoms with Crippen LogP contribution in [0.5, 0.6) is 0 Å². The first-order chi connectivity index (χ1) is 5.24. The Morgan fingerprint density at radius 3 is 2.91 bits per heavy atom. The highest BCUT2D eigenvalue weighted by Crippen LogP contribution is 2.06. The van der Waals surface area contributed by atoms with Gasteiger partial charge in [0, 0.05) is 11.2 Å². The summed E-state index contributed by atoms with van der Waals surface area (Å²) >= 11 is 5.65. The molecular formula is C6H7ClN4. The number of hydrogen-bond acceptors (Lipinski definition) is 3. The Bertz CT molecular complexity index is 284. The summed E-state index contributed by atoms with van der Waals surface area (Å²) in [5, 5.41) is 3.83. The molecule has 0 fully saturated rings. The van der Waals surface area contributed by atoms with Crippen LogP contribution in [0.25, 0.3) is 0 Å². The van der Waals surface area contributed by atoms with E-state index < -0.39 is 0 Å². The molecule has 1 heterocycles. The van der Waals surface area contributed by atoms with Gasteiger partial charge >= 0.3 is 0 Å².